The maximum Gasteiger partial charge on any atom is 0.107 e. The van der Waals surface area contributed by atoms with Crippen molar-refractivity contribution >= 4 is 0 Å². The number of methoxy groups -OCH3 is 1. The lowest BCUT2D eigenvalue weighted by atomic mass is 10.1. The van der Waals surface area contributed by atoms with Gasteiger partial charge in [0.2, 0.25) is 0 Å². The molecule has 1 aromatic rings. The van der Waals surface area contributed by atoms with Gasteiger partial charge < -0.3 is 14.6 Å². The van der Waals surface area contributed by atoms with Gasteiger partial charge in [-0.15, -0.1) is 0 Å². The molecule has 0 fully saturated rings. The summed E-state index contributed by atoms with van der Waals surface area (Å²) in [6, 6.07) is 9.90. The number of rotatable bonds is 7. The molecule has 0 aliphatic carbocycles. The number of aliphatic hydroxyl groups is 1. The Labute approximate surface area is 109 Å². The van der Waals surface area contributed by atoms with Gasteiger partial charge in [0, 0.05) is 7.11 Å². The smallest absolute Gasteiger partial charge is 0.107 e. The molecule has 1 rings (SSSR count). The Morgan fingerprint density at radius 3 is 2.50 bits per heavy atom. The molecule has 1 aromatic carbocycles. The molecule has 3 nitrogen and oxygen atoms in total. The van der Waals surface area contributed by atoms with Crippen LogP contribution in [0, 0.1) is 0 Å². The Morgan fingerprint density at radius 1 is 1.28 bits per heavy atom. The molecule has 0 aromatic heterocycles. The summed E-state index contributed by atoms with van der Waals surface area (Å²) >= 11 is 0. The van der Waals surface area contributed by atoms with E-state index in [-0.39, 0.29) is 12.7 Å². The minimum atomic E-state index is -0.645. The molecule has 2 atom stereocenters. The summed E-state index contributed by atoms with van der Waals surface area (Å²) in [4.78, 5) is 0. The zero-order chi connectivity index (χ0) is 13.4. The Hall–Kier alpha value is -1.16. The van der Waals surface area contributed by atoms with Crippen molar-refractivity contribution in [3.8, 4) is 0 Å². The van der Waals surface area contributed by atoms with Gasteiger partial charge in [-0.25, -0.2) is 0 Å². The van der Waals surface area contributed by atoms with E-state index in [9.17, 15) is 5.11 Å². The molecule has 18 heavy (non-hydrogen) atoms. The fourth-order valence-electron chi connectivity index (χ4n) is 1.63. The highest BCUT2D eigenvalue weighted by molar-refractivity contribution is 5.13. The Bertz CT molecular complexity index is 355. The van der Waals surface area contributed by atoms with Gasteiger partial charge in [-0.05, 0) is 19.4 Å². The van der Waals surface area contributed by atoms with Crippen molar-refractivity contribution in [1.82, 2.24) is 0 Å². The van der Waals surface area contributed by atoms with Gasteiger partial charge >= 0.3 is 0 Å². The fraction of sp³-hybridized carbons (Fsp3) is 0.467. The number of benzene rings is 1. The van der Waals surface area contributed by atoms with E-state index in [0.717, 1.165) is 11.1 Å². The summed E-state index contributed by atoms with van der Waals surface area (Å²) in [5.41, 5.74) is 2.21. The van der Waals surface area contributed by atoms with Gasteiger partial charge in [-0.1, -0.05) is 42.0 Å². The minimum Gasteiger partial charge on any atom is -0.388 e. The van der Waals surface area contributed by atoms with Crippen LogP contribution in [-0.4, -0.2) is 31.0 Å². The summed E-state index contributed by atoms with van der Waals surface area (Å²) in [6.45, 7) is 4.72. The molecule has 0 aliphatic heterocycles. The predicted octanol–water partition coefficient (Wildman–Crippen LogP) is 2.55. The second kappa shape index (κ2) is 8.03. The van der Waals surface area contributed by atoms with E-state index in [1.54, 1.807) is 7.11 Å². The lowest BCUT2D eigenvalue weighted by Crippen LogP contribution is -2.30. The van der Waals surface area contributed by atoms with Crippen LogP contribution >= 0.6 is 0 Å². The molecule has 0 bridgehead atoms. The summed E-state index contributed by atoms with van der Waals surface area (Å²) in [5.74, 6) is 0. The first kappa shape index (κ1) is 14.9. The molecule has 100 valence electrons. The summed E-state index contributed by atoms with van der Waals surface area (Å²) in [7, 11) is 1.59. The number of ether oxygens (including phenoxy) is 2. The predicted molar refractivity (Wildman–Crippen MR) is 72.3 cm³/mol. The lowest BCUT2D eigenvalue weighted by Gasteiger charge is -2.19. The van der Waals surface area contributed by atoms with Crippen LogP contribution in [0.3, 0.4) is 0 Å². The molecule has 0 saturated heterocycles. The summed E-state index contributed by atoms with van der Waals surface area (Å²) < 4.78 is 10.7. The fourth-order valence-corrected chi connectivity index (χ4v) is 1.63. The SMILES string of the molecule is CO[C@@H](C=C(C)C)[C@@H](O)COCc1ccccc1. The highest BCUT2D eigenvalue weighted by Crippen LogP contribution is 2.07. The molecule has 0 heterocycles. The first-order chi connectivity index (χ1) is 8.63. The molecule has 0 amide bonds. The minimum absolute atomic E-state index is 0.261. The van der Waals surface area contributed by atoms with E-state index in [1.165, 1.54) is 0 Å². The van der Waals surface area contributed by atoms with Crippen molar-refractivity contribution in [2.45, 2.75) is 32.7 Å². The average Bonchev–Trinajstić information content (AvgIpc) is 2.36. The molecule has 0 unspecified atom stereocenters. The van der Waals surface area contributed by atoms with Crippen LogP contribution in [0.2, 0.25) is 0 Å². The van der Waals surface area contributed by atoms with Crippen LogP contribution in [-0.2, 0) is 16.1 Å². The Balaban J connectivity index is 2.36. The standard InChI is InChI=1S/C15H22O3/c1-12(2)9-15(17-3)14(16)11-18-10-13-7-5-4-6-8-13/h4-9,14-16H,10-11H2,1-3H3/t14-,15-/m0/s1. The molecular formula is C15H22O3. The first-order valence-corrected chi connectivity index (χ1v) is 6.11. The molecular weight excluding hydrogens is 228 g/mol. The monoisotopic (exact) mass is 250 g/mol. The Morgan fingerprint density at radius 2 is 1.94 bits per heavy atom. The van der Waals surface area contributed by atoms with Crippen LogP contribution in [0.5, 0.6) is 0 Å². The second-order valence-corrected chi connectivity index (χ2v) is 4.51. The van der Waals surface area contributed by atoms with Gasteiger partial charge in [-0.2, -0.15) is 0 Å². The second-order valence-electron chi connectivity index (χ2n) is 4.51. The van der Waals surface area contributed by atoms with Crippen LogP contribution in [0.15, 0.2) is 42.0 Å². The average molecular weight is 250 g/mol. The topological polar surface area (TPSA) is 38.7 Å². The molecule has 0 aliphatic rings. The van der Waals surface area contributed by atoms with Crippen molar-refractivity contribution in [1.29, 1.82) is 0 Å². The first-order valence-electron chi connectivity index (χ1n) is 6.11. The normalized spacial score (nSPS) is 14.0. The van der Waals surface area contributed by atoms with E-state index in [0.29, 0.717) is 6.61 Å². The number of aliphatic hydroxyl groups excluding tert-OH is 1. The van der Waals surface area contributed by atoms with E-state index >= 15 is 0 Å². The van der Waals surface area contributed by atoms with E-state index in [2.05, 4.69) is 0 Å². The van der Waals surface area contributed by atoms with Crippen LogP contribution in [0.1, 0.15) is 19.4 Å². The van der Waals surface area contributed by atoms with Crippen molar-refractivity contribution in [2.24, 2.45) is 0 Å². The Kier molecular flexibility index (Phi) is 6.65. The maximum absolute atomic E-state index is 9.94. The highest BCUT2D eigenvalue weighted by Gasteiger charge is 2.16. The van der Waals surface area contributed by atoms with Gasteiger partial charge in [0.1, 0.15) is 12.2 Å². The maximum atomic E-state index is 9.94. The van der Waals surface area contributed by atoms with Gasteiger partial charge in [-0.3, -0.25) is 0 Å². The van der Waals surface area contributed by atoms with Gasteiger partial charge in [0.25, 0.3) is 0 Å². The van der Waals surface area contributed by atoms with Crippen molar-refractivity contribution in [2.75, 3.05) is 13.7 Å². The van der Waals surface area contributed by atoms with Gasteiger partial charge in [0.15, 0.2) is 0 Å². The number of allylic oxidation sites excluding steroid dienone is 1. The number of hydrogen-bond donors (Lipinski definition) is 1. The third-order valence-corrected chi connectivity index (χ3v) is 2.55. The zero-order valence-electron chi connectivity index (χ0n) is 11.3. The molecule has 0 spiro atoms. The highest BCUT2D eigenvalue weighted by atomic mass is 16.5. The molecule has 0 radical (unpaired) electrons. The van der Waals surface area contributed by atoms with E-state index < -0.39 is 6.10 Å². The number of hydrogen-bond acceptors (Lipinski definition) is 3. The van der Waals surface area contributed by atoms with Gasteiger partial charge in [0.05, 0.1) is 13.2 Å². The lowest BCUT2D eigenvalue weighted by molar-refractivity contribution is -0.0403. The summed E-state index contributed by atoms with van der Waals surface area (Å²) in [5, 5.41) is 9.94. The van der Waals surface area contributed by atoms with Crippen LogP contribution in [0.25, 0.3) is 0 Å². The van der Waals surface area contributed by atoms with Crippen molar-refractivity contribution in [3.05, 3.63) is 47.5 Å². The van der Waals surface area contributed by atoms with E-state index in [1.807, 2.05) is 50.3 Å². The molecule has 0 saturated carbocycles. The van der Waals surface area contributed by atoms with Crippen LogP contribution in [0.4, 0.5) is 0 Å². The largest absolute Gasteiger partial charge is 0.388 e. The molecule has 3 heteroatoms. The molecule has 1 N–H and O–H groups in total. The zero-order valence-corrected chi connectivity index (χ0v) is 11.3. The van der Waals surface area contributed by atoms with Crippen molar-refractivity contribution in [3.63, 3.8) is 0 Å². The van der Waals surface area contributed by atoms with Crippen molar-refractivity contribution < 1.29 is 14.6 Å². The quantitative estimate of drug-likeness (QED) is 0.756. The van der Waals surface area contributed by atoms with Crippen LogP contribution < -0.4 is 0 Å². The summed E-state index contributed by atoms with van der Waals surface area (Å²) in [6.07, 6.45) is 0.940. The van der Waals surface area contributed by atoms with E-state index in [4.69, 9.17) is 9.47 Å². The third-order valence-electron chi connectivity index (χ3n) is 2.55. The third kappa shape index (κ3) is 5.45.